The Morgan fingerprint density at radius 1 is 1.00 bits per heavy atom. The normalized spacial score (nSPS) is 10.8. The maximum absolute atomic E-state index is 12.2. The fourth-order valence-corrected chi connectivity index (χ4v) is 2.27. The summed E-state index contributed by atoms with van der Waals surface area (Å²) >= 11 is 0. The first-order valence-corrected chi connectivity index (χ1v) is 8.14. The third kappa shape index (κ3) is 5.80. The van der Waals surface area contributed by atoms with Gasteiger partial charge in [0.15, 0.2) is 0 Å². The number of carbonyl (C=O) groups excluding carboxylic acids is 1. The van der Waals surface area contributed by atoms with Crippen molar-refractivity contribution in [3.05, 3.63) is 70.8 Å². The summed E-state index contributed by atoms with van der Waals surface area (Å²) < 4.78 is 10.7. The molecule has 0 unspecified atom stereocenters. The Hall–Kier alpha value is -2.17. The number of amides is 1. The third-order valence-corrected chi connectivity index (χ3v) is 3.56. The van der Waals surface area contributed by atoms with Crippen LogP contribution in [0.4, 0.5) is 0 Å². The van der Waals surface area contributed by atoms with Crippen LogP contribution < -0.4 is 5.32 Å². The topological polar surface area (TPSA) is 47.6 Å². The summed E-state index contributed by atoms with van der Waals surface area (Å²) in [5.74, 6) is -0.0832. The number of nitrogens with one attached hydrogen (secondary N) is 1. The lowest BCUT2D eigenvalue weighted by Crippen LogP contribution is -2.22. The van der Waals surface area contributed by atoms with Crippen LogP contribution in [0.2, 0.25) is 0 Å². The molecular formula is C20H25NO3. The van der Waals surface area contributed by atoms with Crippen LogP contribution in [0.1, 0.15) is 40.9 Å². The van der Waals surface area contributed by atoms with E-state index in [-0.39, 0.29) is 12.0 Å². The van der Waals surface area contributed by atoms with Crippen molar-refractivity contribution in [2.45, 2.75) is 39.7 Å². The van der Waals surface area contributed by atoms with Gasteiger partial charge in [0.2, 0.25) is 0 Å². The fraction of sp³-hybridized carbons (Fsp3) is 0.350. The minimum Gasteiger partial charge on any atom is -0.380 e. The molecule has 0 heterocycles. The second-order valence-electron chi connectivity index (χ2n) is 5.99. The van der Waals surface area contributed by atoms with E-state index in [0.29, 0.717) is 25.3 Å². The Morgan fingerprint density at radius 3 is 2.38 bits per heavy atom. The van der Waals surface area contributed by atoms with Gasteiger partial charge in [-0.2, -0.15) is 0 Å². The Morgan fingerprint density at radius 2 is 1.71 bits per heavy atom. The van der Waals surface area contributed by atoms with Gasteiger partial charge in [-0.25, -0.2) is 0 Å². The average molecular weight is 327 g/mol. The van der Waals surface area contributed by atoms with Crippen molar-refractivity contribution in [3.63, 3.8) is 0 Å². The molecule has 1 N–H and O–H groups in total. The van der Waals surface area contributed by atoms with Gasteiger partial charge in [-0.1, -0.05) is 36.4 Å². The van der Waals surface area contributed by atoms with Gasteiger partial charge in [-0.15, -0.1) is 0 Å². The zero-order valence-corrected chi connectivity index (χ0v) is 14.5. The van der Waals surface area contributed by atoms with Crippen LogP contribution in [0.3, 0.4) is 0 Å². The lowest BCUT2D eigenvalue weighted by atomic mass is 10.1. The maximum Gasteiger partial charge on any atom is 0.251 e. The molecule has 0 atom stereocenters. The molecule has 2 aromatic carbocycles. The van der Waals surface area contributed by atoms with Crippen LogP contribution in [0.25, 0.3) is 0 Å². The van der Waals surface area contributed by atoms with Gasteiger partial charge in [0.25, 0.3) is 5.91 Å². The highest BCUT2D eigenvalue weighted by Crippen LogP contribution is 2.09. The zero-order valence-electron chi connectivity index (χ0n) is 14.5. The van der Waals surface area contributed by atoms with E-state index in [1.165, 1.54) is 0 Å². The lowest BCUT2D eigenvalue weighted by molar-refractivity contribution is 0.0657. The SMILES string of the molecule is COCc1cccc(C(=O)NCc2ccc(COC(C)C)cc2)c1. The van der Waals surface area contributed by atoms with Gasteiger partial charge in [0.05, 0.1) is 19.3 Å². The Balaban J connectivity index is 1.88. The van der Waals surface area contributed by atoms with E-state index >= 15 is 0 Å². The highest BCUT2D eigenvalue weighted by molar-refractivity contribution is 5.94. The summed E-state index contributed by atoms with van der Waals surface area (Å²) in [5, 5.41) is 2.94. The number of carbonyl (C=O) groups is 1. The maximum atomic E-state index is 12.2. The number of ether oxygens (including phenoxy) is 2. The second-order valence-corrected chi connectivity index (χ2v) is 5.99. The van der Waals surface area contributed by atoms with Crippen LogP contribution in [0.5, 0.6) is 0 Å². The minimum atomic E-state index is -0.0832. The number of hydrogen-bond donors (Lipinski definition) is 1. The monoisotopic (exact) mass is 327 g/mol. The summed E-state index contributed by atoms with van der Waals surface area (Å²) in [7, 11) is 1.64. The molecule has 4 nitrogen and oxygen atoms in total. The molecule has 4 heteroatoms. The van der Waals surface area contributed by atoms with E-state index in [2.05, 4.69) is 5.32 Å². The quantitative estimate of drug-likeness (QED) is 0.804. The van der Waals surface area contributed by atoms with Crippen LogP contribution in [-0.2, 0) is 29.2 Å². The summed E-state index contributed by atoms with van der Waals surface area (Å²) in [5.41, 5.74) is 3.82. The molecule has 0 aliphatic rings. The average Bonchev–Trinajstić information content (AvgIpc) is 2.59. The molecule has 2 rings (SSSR count). The van der Waals surface area contributed by atoms with Gasteiger partial charge in [0.1, 0.15) is 0 Å². The van der Waals surface area contributed by atoms with Gasteiger partial charge in [0, 0.05) is 19.2 Å². The summed E-state index contributed by atoms with van der Waals surface area (Å²) in [4.78, 5) is 12.2. The first kappa shape index (κ1) is 18.2. The van der Waals surface area contributed by atoms with Crippen LogP contribution >= 0.6 is 0 Å². The first-order valence-electron chi connectivity index (χ1n) is 8.14. The zero-order chi connectivity index (χ0) is 17.4. The molecule has 0 aliphatic carbocycles. The van der Waals surface area contributed by atoms with Gasteiger partial charge >= 0.3 is 0 Å². The smallest absolute Gasteiger partial charge is 0.251 e. The highest BCUT2D eigenvalue weighted by atomic mass is 16.5. The van der Waals surface area contributed by atoms with Crippen LogP contribution in [0, 0.1) is 0 Å². The molecule has 0 saturated carbocycles. The van der Waals surface area contributed by atoms with Crippen molar-refractivity contribution in [2.24, 2.45) is 0 Å². The molecular weight excluding hydrogens is 302 g/mol. The van der Waals surface area contributed by atoms with Crippen molar-refractivity contribution in [2.75, 3.05) is 7.11 Å². The molecule has 2 aromatic rings. The van der Waals surface area contributed by atoms with Gasteiger partial charge < -0.3 is 14.8 Å². The van der Waals surface area contributed by atoms with Crippen molar-refractivity contribution in [1.29, 1.82) is 0 Å². The Labute approximate surface area is 143 Å². The molecule has 0 spiro atoms. The number of benzene rings is 2. The van der Waals surface area contributed by atoms with Crippen molar-refractivity contribution in [3.8, 4) is 0 Å². The van der Waals surface area contributed by atoms with Gasteiger partial charge in [-0.3, -0.25) is 4.79 Å². The van der Waals surface area contributed by atoms with E-state index in [1.54, 1.807) is 13.2 Å². The minimum absolute atomic E-state index is 0.0832. The van der Waals surface area contributed by atoms with Gasteiger partial charge in [-0.05, 0) is 42.7 Å². The largest absolute Gasteiger partial charge is 0.380 e. The van der Waals surface area contributed by atoms with Crippen LogP contribution in [0.15, 0.2) is 48.5 Å². The second kappa shape index (κ2) is 9.21. The molecule has 0 aromatic heterocycles. The molecule has 0 aliphatic heterocycles. The molecule has 128 valence electrons. The third-order valence-electron chi connectivity index (χ3n) is 3.56. The van der Waals surface area contributed by atoms with Crippen molar-refractivity contribution in [1.82, 2.24) is 5.32 Å². The molecule has 0 fully saturated rings. The molecule has 0 bridgehead atoms. The summed E-state index contributed by atoms with van der Waals surface area (Å²) in [6.45, 7) is 5.65. The molecule has 0 saturated heterocycles. The lowest BCUT2D eigenvalue weighted by Gasteiger charge is -2.09. The summed E-state index contributed by atoms with van der Waals surface area (Å²) in [6.07, 6.45) is 0.220. The van der Waals surface area contributed by atoms with E-state index < -0.39 is 0 Å². The molecule has 1 amide bonds. The summed E-state index contributed by atoms with van der Waals surface area (Å²) in [6, 6.07) is 15.6. The van der Waals surface area contributed by atoms with E-state index in [0.717, 1.165) is 16.7 Å². The van der Waals surface area contributed by atoms with E-state index in [1.807, 2.05) is 56.3 Å². The van der Waals surface area contributed by atoms with E-state index in [4.69, 9.17) is 9.47 Å². The van der Waals surface area contributed by atoms with Crippen molar-refractivity contribution < 1.29 is 14.3 Å². The number of rotatable bonds is 8. The van der Waals surface area contributed by atoms with Crippen LogP contribution in [-0.4, -0.2) is 19.1 Å². The fourth-order valence-electron chi connectivity index (χ4n) is 2.27. The Kier molecular flexibility index (Phi) is 6.97. The van der Waals surface area contributed by atoms with Crippen molar-refractivity contribution >= 4 is 5.91 Å². The number of hydrogen-bond acceptors (Lipinski definition) is 3. The Bertz CT molecular complexity index is 650. The molecule has 0 radical (unpaired) electrons. The van der Waals surface area contributed by atoms with E-state index in [9.17, 15) is 4.79 Å². The predicted molar refractivity (Wildman–Crippen MR) is 94.7 cm³/mol. The number of methoxy groups -OCH3 is 1. The predicted octanol–water partition coefficient (Wildman–Crippen LogP) is 3.69. The first-order chi connectivity index (χ1) is 11.6. The molecule has 24 heavy (non-hydrogen) atoms. The highest BCUT2D eigenvalue weighted by Gasteiger charge is 2.06. The standard InChI is InChI=1S/C20H25NO3/c1-15(2)24-14-17-9-7-16(8-10-17)12-21-20(22)19-6-4-5-18(11-19)13-23-3/h4-11,15H,12-14H2,1-3H3,(H,21,22).